The summed E-state index contributed by atoms with van der Waals surface area (Å²) in [4.78, 5) is 2.67. The van der Waals surface area contributed by atoms with Gasteiger partial charge in [-0.15, -0.1) is 0 Å². The van der Waals surface area contributed by atoms with E-state index in [0.717, 1.165) is 25.0 Å². The van der Waals surface area contributed by atoms with Crippen molar-refractivity contribution in [3.63, 3.8) is 0 Å². The van der Waals surface area contributed by atoms with E-state index in [9.17, 15) is 0 Å². The Morgan fingerprint density at radius 2 is 2.22 bits per heavy atom. The Kier molecular flexibility index (Phi) is 3.67. The van der Waals surface area contributed by atoms with Crippen LogP contribution in [-0.2, 0) is 6.42 Å². The number of benzene rings is 1. The summed E-state index contributed by atoms with van der Waals surface area (Å²) < 4.78 is 0. The minimum atomic E-state index is 0.748. The molecule has 2 aliphatic rings. The number of rotatable bonds is 4. The van der Waals surface area contributed by atoms with E-state index in [1.807, 2.05) is 0 Å². The van der Waals surface area contributed by atoms with Crippen LogP contribution in [0.4, 0.5) is 0 Å². The predicted molar refractivity (Wildman–Crippen MR) is 75.9 cm³/mol. The maximum absolute atomic E-state index is 3.78. The summed E-state index contributed by atoms with van der Waals surface area (Å²) in [5.74, 6) is 0. The zero-order chi connectivity index (χ0) is 12.4. The third-order valence-corrected chi connectivity index (χ3v) is 4.51. The quantitative estimate of drug-likeness (QED) is 0.874. The summed E-state index contributed by atoms with van der Waals surface area (Å²) in [6, 6.07) is 10.5. The van der Waals surface area contributed by atoms with Crippen LogP contribution in [0.5, 0.6) is 0 Å². The van der Waals surface area contributed by atoms with Gasteiger partial charge in [0.05, 0.1) is 0 Å². The molecule has 0 aliphatic carbocycles. The van der Waals surface area contributed by atoms with Crippen molar-refractivity contribution in [1.29, 1.82) is 0 Å². The standard InChI is InChI=1S/C16H24N2/c1-13-4-2-5-14(12-13)7-9-17-15-8-11-18-10-3-6-16(15)18/h2,4-5,12,15-17H,3,6-11H2,1H3. The molecule has 2 aliphatic heterocycles. The van der Waals surface area contributed by atoms with Crippen LogP contribution in [-0.4, -0.2) is 36.6 Å². The largest absolute Gasteiger partial charge is 0.312 e. The van der Waals surface area contributed by atoms with Crippen LogP contribution in [0.25, 0.3) is 0 Å². The lowest BCUT2D eigenvalue weighted by Gasteiger charge is -2.21. The van der Waals surface area contributed by atoms with Crippen molar-refractivity contribution >= 4 is 0 Å². The van der Waals surface area contributed by atoms with E-state index in [-0.39, 0.29) is 0 Å². The molecule has 1 aromatic rings. The first-order valence-electron chi connectivity index (χ1n) is 7.36. The first-order valence-corrected chi connectivity index (χ1v) is 7.36. The highest BCUT2D eigenvalue weighted by Gasteiger charge is 2.36. The molecule has 0 amide bonds. The number of hydrogen-bond donors (Lipinski definition) is 1. The van der Waals surface area contributed by atoms with E-state index in [2.05, 4.69) is 41.4 Å². The highest BCUT2D eigenvalue weighted by molar-refractivity contribution is 5.22. The third-order valence-electron chi connectivity index (χ3n) is 4.51. The Bertz CT molecular complexity index is 402. The van der Waals surface area contributed by atoms with Gasteiger partial charge in [-0.1, -0.05) is 29.8 Å². The molecule has 0 spiro atoms. The lowest BCUT2D eigenvalue weighted by Crippen LogP contribution is -2.39. The SMILES string of the molecule is Cc1cccc(CCNC2CCN3CCCC23)c1. The summed E-state index contributed by atoms with van der Waals surface area (Å²) in [6.45, 7) is 5.94. The fourth-order valence-corrected chi connectivity index (χ4v) is 3.59. The number of aryl methyl sites for hydroxylation is 1. The minimum Gasteiger partial charge on any atom is -0.312 e. The fourth-order valence-electron chi connectivity index (χ4n) is 3.59. The van der Waals surface area contributed by atoms with Crippen LogP contribution in [0.15, 0.2) is 24.3 Å². The maximum atomic E-state index is 3.78. The van der Waals surface area contributed by atoms with Crippen LogP contribution in [0.1, 0.15) is 30.4 Å². The van der Waals surface area contributed by atoms with Crippen LogP contribution in [0, 0.1) is 6.92 Å². The molecule has 2 unspecified atom stereocenters. The van der Waals surface area contributed by atoms with Crippen molar-refractivity contribution in [2.75, 3.05) is 19.6 Å². The summed E-state index contributed by atoms with van der Waals surface area (Å²) >= 11 is 0. The topological polar surface area (TPSA) is 15.3 Å². The molecule has 2 heterocycles. The predicted octanol–water partition coefficient (Wildman–Crippen LogP) is 2.36. The van der Waals surface area contributed by atoms with Crippen molar-refractivity contribution in [2.45, 2.75) is 44.7 Å². The number of nitrogens with one attached hydrogen (secondary N) is 1. The molecule has 0 saturated carbocycles. The van der Waals surface area contributed by atoms with Gasteiger partial charge >= 0.3 is 0 Å². The van der Waals surface area contributed by atoms with Crippen molar-refractivity contribution in [3.05, 3.63) is 35.4 Å². The highest BCUT2D eigenvalue weighted by atomic mass is 15.2. The van der Waals surface area contributed by atoms with E-state index in [4.69, 9.17) is 0 Å². The van der Waals surface area contributed by atoms with Gasteiger partial charge in [0.15, 0.2) is 0 Å². The van der Waals surface area contributed by atoms with Gasteiger partial charge in [0, 0.05) is 18.6 Å². The van der Waals surface area contributed by atoms with Gasteiger partial charge in [0.2, 0.25) is 0 Å². The maximum Gasteiger partial charge on any atom is 0.0250 e. The van der Waals surface area contributed by atoms with E-state index in [1.165, 1.54) is 43.5 Å². The molecule has 0 radical (unpaired) electrons. The van der Waals surface area contributed by atoms with Crippen LogP contribution < -0.4 is 5.32 Å². The van der Waals surface area contributed by atoms with Gasteiger partial charge in [-0.05, 0) is 51.3 Å². The van der Waals surface area contributed by atoms with E-state index >= 15 is 0 Å². The molecular formula is C16H24N2. The molecular weight excluding hydrogens is 220 g/mol. The second-order valence-corrected chi connectivity index (χ2v) is 5.83. The molecule has 2 heteroatoms. The Morgan fingerprint density at radius 1 is 1.28 bits per heavy atom. The Hall–Kier alpha value is -0.860. The summed E-state index contributed by atoms with van der Waals surface area (Å²) in [5.41, 5.74) is 2.83. The molecule has 1 N–H and O–H groups in total. The molecule has 2 saturated heterocycles. The summed E-state index contributed by atoms with van der Waals surface area (Å²) in [5, 5.41) is 3.78. The molecule has 2 nitrogen and oxygen atoms in total. The number of nitrogens with zero attached hydrogens (tertiary/aromatic N) is 1. The average molecular weight is 244 g/mol. The molecule has 0 aromatic heterocycles. The van der Waals surface area contributed by atoms with Crippen LogP contribution in [0.3, 0.4) is 0 Å². The van der Waals surface area contributed by atoms with E-state index in [0.29, 0.717) is 0 Å². The number of hydrogen-bond acceptors (Lipinski definition) is 2. The van der Waals surface area contributed by atoms with Gasteiger partial charge in [0.1, 0.15) is 0 Å². The third kappa shape index (κ3) is 2.60. The lowest BCUT2D eigenvalue weighted by atomic mass is 10.1. The molecule has 0 bridgehead atoms. The van der Waals surface area contributed by atoms with Crippen molar-refractivity contribution < 1.29 is 0 Å². The summed E-state index contributed by atoms with van der Waals surface area (Å²) in [7, 11) is 0. The lowest BCUT2D eigenvalue weighted by molar-refractivity contribution is 0.299. The Morgan fingerprint density at radius 3 is 3.11 bits per heavy atom. The second kappa shape index (κ2) is 5.41. The Labute approximate surface area is 110 Å². The Balaban J connectivity index is 1.47. The first-order chi connectivity index (χ1) is 8.83. The highest BCUT2D eigenvalue weighted by Crippen LogP contribution is 2.27. The van der Waals surface area contributed by atoms with Gasteiger partial charge < -0.3 is 5.32 Å². The van der Waals surface area contributed by atoms with E-state index in [1.54, 1.807) is 0 Å². The first kappa shape index (κ1) is 12.2. The molecule has 2 atom stereocenters. The molecule has 3 rings (SSSR count). The van der Waals surface area contributed by atoms with Crippen molar-refractivity contribution in [3.8, 4) is 0 Å². The smallest absolute Gasteiger partial charge is 0.0250 e. The van der Waals surface area contributed by atoms with E-state index < -0.39 is 0 Å². The zero-order valence-electron chi connectivity index (χ0n) is 11.4. The second-order valence-electron chi connectivity index (χ2n) is 5.83. The number of fused-ring (bicyclic) bond motifs is 1. The van der Waals surface area contributed by atoms with Gasteiger partial charge in [-0.3, -0.25) is 4.90 Å². The van der Waals surface area contributed by atoms with Crippen molar-refractivity contribution in [1.82, 2.24) is 10.2 Å². The molecule has 98 valence electrons. The normalized spacial score (nSPS) is 27.6. The van der Waals surface area contributed by atoms with Gasteiger partial charge in [-0.25, -0.2) is 0 Å². The van der Waals surface area contributed by atoms with Crippen molar-refractivity contribution in [2.24, 2.45) is 0 Å². The average Bonchev–Trinajstić information content (AvgIpc) is 2.93. The van der Waals surface area contributed by atoms with Crippen LogP contribution in [0.2, 0.25) is 0 Å². The summed E-state index contributed by atoms with van der Waals surface area (Å²) in [6.07, 6.45) is 5.31. The molecule has 1 aromatic carbocycles. The molecule has 18 heavy (non-hydrogen) atoms. The van der Waals surface area contributed by atoms with Crippen LogP contribution >= 0.6 is 0 Å². The zero-order valence-corrected chi connectivity index (χ0v) is 11.4. The molecule has 2 fully saturated rings. The minimum absolute atomic E-state index is 0.748. The van der Waals surface area contributed by atoms with Gasteiger partial charge in [0.25, 0.3) is 0 Å². The fraction of sp³-hybridized carbons (Fsp3) is 0.625. The monoisotopic (exact) mass is 244 g/mol. The van der Waals surface area contributed by atoms with Gasteiger partial charge in [-0.2, -0.15) is 0 Å².